The zero-order valence-electron chi connectivity index (χ0n) is 8.49. The van der Waals surface area contributed by atoms with Crippen molar-refractivity contribution >= 4 is 11.9 Å². The maximum absolute atomic E-state index is 11.2. The van der Waals surface area contributed by atoms with Crippen LogP contribution in [-0.2, 0) is 19.1 Å². The minimum absolute atomic E-state index is 0.337. The first-order valence-electron chi connectivity index (χ1n) is 4.32. The van der Waals surface area contributed by atoms with Crippen molar-refractivity contribution in [2.45, 2.75) is 33.8 Å². The molecular weight excluding hydrogens is 172 g/mol. The highest BCUT2D eigenvalue weighted by atomic mass is 16.6. The second-order valence-corrected chi connectivity index (χ2v) is 2.86. The molecular formula is C9H16O4. The van der Waals surface area contributed by atoms with Crippen LogP contribution in [0.4, 0.5) is 0 Å². The van der Waals surface area contributed by atoms with Gasteiger partial charge in [-0.25, -0.2) is 0 Å². The summed E-state index contributed by atoms with van der Waals surface area (Å²) in [6.07, 6.45) is -0.434. The lowest BCUT2D eigenvalue weighted by molar-refractivity contribution is -0.158. The SMILES string of the molecule is CCOC(=O)[C@H](C)[C@H](C)OC(C)=O. The molecule has 0 fully saturated rings. The van der Waals surface area contributed by atoms with E-state index in [0.717, 1.165) is 0 Å². The van der Waals surface area contributed by atoms with E-state index in [1.54, 1.807) is 20.8 Å². The predicted molar refractivity (Wildman–Crippen MR) is 47.0 cm³/mol. The Kier molecular flexibility index (Phi) is 5.11. The molecule has 4 nitrogen and oxygen atoms in total. The van der Waals surface area contributed by atoms with Crippen LogP contribution >= 0.6 is 0 Å². The van der Waals surface area contributed by atoms with Crippen molar-refractivity contribution in [3.63, 3.8) is 0 Å². The third-order valence-electron chi connectivity index (χ3n) is 1.71. The molecule has 0 aliphatic heterocycles. The second-order valence-electron chi connectivity index (χ2n) is 2.86. The number of hydrogen-bond acceptors (Lipinski definition) is 4. The minimum atomic E-state index is -0.434. The summed E-state index contributed by atoms with van der Waals surface area (Å²) in [5, 5.41) is 0. The molecule has 0 saturated heterocycles. The molecule has 0 aromatic rings. The molecule has 0 saturated carbocycles. The summed E-state index contributed by atoms with van der Waals surface area (Å²) in [4.78, 5) is 21.7. The van der Waals surface area contributed by atoms with Gasteiger partial charge in [-0.3, -0.25) is 9.59 Å². The van der Waals surface area contributed by atoms with Crippen LogP contribution in [0.5, 0.6) is 0 Å². The molecule has 0 amide bonds. The van der Waals surface area contributed by atoms with Crippen LogP contribution in [-0.4, -0.2) is 24.6 Å². The van der Waals surface area contributed by atoms with Gasteiger partial charge in [0.25, 0.3) is 0 Å². The van der Waals surface area contributed by atoms with Gasteiger partial charge in [-0.2, -0.15) is 0 Å². The molecule has 0 spiro atoms. The summed E-state index contributed by atoms with van der Waals surface area (Å²) < 4.78 is 9.62. The van der Waals surface area contributed by atoms with Gasteiger partial charge in [-0.1, -0.05) is 0 Å². The van der Waals surface area contributed by atoms with Crippen molar-refractivity contribution < 1.29 is 19.1 Å². The molecule has 0 unspecified atom stereocenters. The van der Waals surface area contributed by atoms with E-state index in [-0.39, 0.29) is 11.9 Å². The fourth-order valence-electron chi connectivity index (χ4n) is 0.829. The van der Waals surface area contributed by atoms with Crippen LogP contribution in [0.1, 0.15) is 27.7 Å². The first-order valence-corrected chi connectivity index (χ1v) is 4.32. The lowest BCUT2D eigenvalue weighted by atomic mass is 10.1. The van der Waals surface area contributed by atoms with Crippen LogP contribution < -0.4 is 0 Å². The number of carbonyl (C=O) groups is 2. The third-order valence-corrected chi connectivity index (χ3v) is 1.71. The number of esters is 2. The van der Waals surface area contributed by atoms with E-state index in [2.05, 4.69) is 0 Å². The summed E-state index contributed by atoms with van der Waals surface area (Å²) in [5.74, 6) is -1.14. The van der Waals surface area contributed by atoms with Crippen molar-refractivity contribution in [1.82, 2.24) is 0 Å². The average Bonchev–Trinajstić information content (AvgIpc) is 2.02. The normalized spacial score (nSPS) is 14.5. The maximum Gasteiger partial charge on any atom is 0.312 e. The quantitative estimate of drug-likeness (QED) is 0.621. The van der Waals surface area contributed by atoms with Gasteiger partial charge >= 0.3 is 11.9 Å². The molecule has 0 N–H and O–H groups in total. The Hall–Kier alpha value is -1.06. The Labute approximate surface area is 78.2 Å². The second kappa shape index (κ2) is 5.56. The van der Waals surface area contributed by atoms with E-state index >= 15 is 0 Å². The van der Waals surface area contributed by atoms with Crippen molar-refractivity contribution in [3.8, 4) is 0 Å². The average molecular weight is 188 g/mol. The Morgan fingerprint density at radius 3 is 2.23 bits per heavy atom. The Balaban J connectivity index is 4.00. The molecule has 13 heavy (non-hydrogen) atoms. The molecule has 0 aromatic carbocycles. The fraction of sp³-hybridized carbons (Fsp3) is 0.778. The van der Waals surface area contributed by atoms with E-state index < -0.39 is 12.0 Å². The van der Waals surface area contributed by atoms with E-state index in [1.807, 2.05) is 0 Å². The van der Waals surface area contributed by atoms with Crippen molar-refractivity contribution in [3.05, 3.63) is 0 Å². The molecule has 0 aromatic heterocycles. The van der Waals surface area contributed by atoms with Gasteiger partial charge in [0.15, 0.2) is 0 Å². The Morgan fingerprint density at radius 2 is 1.85 bits per heavy atom. The highest BCUT2D eigenvalue weighted by Crippen LogP contribution is 2.09. The molecule has 0 rings (SSSR count). The summed E-state index contributed by atoms with van der Waals surface area (Å²) in [5.41, 5.74) is 0. The summed E-state index contributed by atoms with van der Waals surface area (Å²) in [7, 11) is 0. The van der Waals surface area contributed by atoms with Crippen LogP contribution in [0.2, 0.25) is 0 Å². The van der Waals surface area contributed by atoms with Gasteiger partial charge in [0.1, 0.15) is 6.10 Å². The van der Waals surface area contributed by atoms with E-state index in [4.69, 9.17) is 9.47 Å². The van der Waals surface area contributed by atoms with Gasteiger partial charge in [-0.05, 0) is 20.8 Å². The molecule has 0 bridgehead atoms. The number of rotatable bonds is 4. The first-order chi connectivity index (χ1) is 5.99. The number of carbonyl (C=O) groups excluding carboxylic acids is 2. The molecule has 76 valence electrons. The summed E-state index contributed by atoms with van der Waals surface area (Å²) in [6.45, 7) is 6.74. The lowest BCUT2D eigenvalue weighted by Crippen LogP contribution is -2.28. The van der Waals surface area contributed by atoms with Gasteiger partial charge < -0.3 is 9.47 Å². The zero-order valence-corrected chi connectivity index (χ0v) is 8.49. The molecule has 0 heterocycles. The van der Waals surface area contributed by atoms with Crippen LogP contribution in [0.15, 0.2) is 0 Å². The fourth-order valence-corrected chi connectivity index (χ4v) is 0.829. The Morgan fingerprint density at radius 1 is 1.31 bits per heavy atom. The largest absolute Gasteiger partial charge is 0.466 e. The van der Waals surface area contributed by atoms with E-state index in [9.17, 15) is 9.59 Å². The van der Waals surface area contributed by atoms with Crippen molar-refractivity contribution in [1.29, 1.82) is 0 Å². The molecule has 0 aliphatic rings. The lowest BCUT2D eigenvalue weighted by Gasteiger charge is -2.17. The van der Waals surface area contributed by atoms with E-state index in [1.165, 1.54) is 6.92 Å². The minimum Gasteiger partial charge on any atom is -0.466 e. The van der Waals surface area contributed by atoms with Gasteiger partial charge in [0.05, 0.1) is 12.5 Å². The maximum atomic E-state index is 11.2. The van der Waals surface area contributed by atoms with Crippen LogP contribution in [0.3, 0.4) is 0 Å². The number of ether oxygens (including phenoxy) is 2. The Bertz CT molecular complexity index is 188. The predicted octanol–water partition coefficient (Wildman–Crippen LogP) is 1.14. The monoisotopic (exact) mass is 188 g/mol. The molecule has 0 radical (unpaired) electrons. The van der Waals surface area contributed by atoms with Crippen LogP contribution in [0, 0.1) is 5.92 Å². The highest BCUT2D eigenvalue weighted by Gasteiger charge is 2.23. The molecule has 2 atom stereocenters. The number of hydrogen-bond donors (Lipinski definition) is 0. The third kappa shape index (κ3) is 4.50. The topological polar surface area (TPSA) is 52.6 Å². The summed E-state index contributed by atoms with van der Waals surface area (Å²) in [6, 6.07) is 0. The standard InChI is InChI=1S/C9H16O4/c1-5-12-9(11)6(2)7(3)13-8(4)10/h6-7H,5H2,1-4H3/t6-,7+/m1/s1. The van der Waals surface area contributed by atoms with Crippen molar-refractivity contribution in [2.24, 2.45) is 5.92 Å². The van der Waals surface area contributed by atoms with Gasteiger partial charge in [0, 0.05) is 6.92 Å². The molecule has 0 aliphatic carbocycles. The first kappa shape index (κ1) is 11.9. The zero-order chi connectivity index (χ0) is 10.4. The van der Waals surface area contributed by atoms with Crippen LogP contribution in [0.25, 0.3) is 0 Å². The van der Waals surface area contributed by atoms with Crippen molar-refractivity contribution in [2.75, 3.05) is 6.61 Å². The highest BCUT2D eigenvalue weighted by molar-refractivity contribution is 5.73. The smallest absolute Gasteiger partial charge is 0.312 e. The van der Waals surface area contributed by atoms with E-state index in [0.29, 0.717) is 6.61 Å². The van der Waals surface area contributed by atoms with Gasteiger partial charge in [-0.15, -0.1) is 0 Å². The molecule has 4 heteroatoms. The van der Waals surface area contributed by atoms with Gasteiger partial charge in [0.2, 0.25) is 0 Å². The summed E-state index contributed by atoms with van der Waals surface area (Å²) >= 11 is 0.